The second kappa shape index (κ2) is 11.9. The van der Waals surface area contributed by atoms with Gasteiger partial charge in [-0.05, 0) is 80.7 Å². The second-order valence-corrected chi connectivity index (χ2v) is 11.2. The van der Waals surface area contributed by atoms with Crippen molar-refractivity contribution in [3.63, 3.8) is 0 Å². The van der Waals surface area contributed by atoms with E-state index in [1.165, 1.54) is 12.0 Å². The van der Waals surface area contributed by atoms with E-state index in [-0.39, 0.29) is 18.1 Å². The number of aliphatic carboxylic acids is 1. The normalized spacial score (nSPS) is 21.7. The number of unbranched alkanes of at least 4 members (excludes halogenated alkanes) is 1. The van der Waals surface area contributed by atoms with E-state index < -0.39 is 12.0 Å². The van der Waals surface area contributed by atoms with Gasteiger partial charge in [-0.15, -0.1) is 0 Å². The van der Waals surface area contributed by atoms with E-state index in [1.54, 1.807) is 0 Å². The maximum absolute atomic E-state index is 12.5. The van der Waals surface area contributed by atoms with Gasteiger partial charge in [0, 0.05) is 37.5 Å². The molecule has 8 nitrogen and oxygen atoms in total. The third-order valence-corrected chi connectivity index (χ3v) is 7.85. The molecule has 2 aromatic rings. The van der Waals surface area contributed by atoms with E-state index in [0.717, 1.165) is 55.7 Å². The fraction of sp³-hybridized carbons (Fsp3) is 0.600. The molecule has 0 amide bonds. The van der Waals surface area contributed by atoms with Crippen molar-refractivity contribution in [3.8, 4) is 11.5 Å². The summed E-state index contributed by atoms with van der Waals surface area (Å²) in [5, 5.41) is 13.7. The maximum Gasteiger partial charge on any atom is 0.325 e. The molecule has 0 saturated carbocycles. The van der Waals surface area contributed by atoms with Gasteiger partial charge < -0.3 is 24.6 Å². The first-order chi connectivity index (χ1) is 18.4. The van der Waals surface area contributed by atoms with E-state index in [0.29, 0.717) is 43.4 Å². The van der Waals surface area contributed by atoms with Gasteiger partial charge in [-0.3, -0.25) is 9.69 Å². The van der Waals surface area contributed by atoms with Crippen LogP contribution in [0.15, 0.2) is 24.3 Å². The molecule has 8 heteroatoms. The maximum atomic E-state index is 12.5. The number of carboxylic acid groups (broad SMARTS) is 1. The molecule has 0 spiro atoms. The molecule has 0 aliphatic carbocycles. The zero-order chi connectivity index (χ0) is 26.6. The molecule has 1 aromatic heterocycles. The first kappa shape index (κ1) is 26.8. The minimum Gasteiger partial charge on any atom is -0.486 e. The molecule has 206 valence electrons. The number of pyridine rings is 1. The minimum absolute atomic E-state index is 0.0316. The van der Waals surface area contributed by atoms with Gasteiger partial charge in [-0.25, -0.2) is 4.98 Å². The Labute approximate surface area is 225 Å². The number of hydrogen-bond donors (Lipinski definition) is 2. The molecule has 0 unspecified atom stereocenters. The van der Waals surface area contributed by atoms with Crippen LogP contribution in [0.1, 0.15) is 68.0 Å². The lowest BCUT2D eigenvalue weighted by Crippen LogP contribution is -2.37. The Hall–Kier alpha value is -2.84. The van der Waals surface area contributed by atoms with Crippen LogP contribution in [-0.2, 0) is 22.4 Å². The summed E-state index contributed by atoms with van der Waals surface area (Å²) in [6, 6.07) is 7.42. The smallest absolute Gasteiger partial charge is 0.325 e. The van der Waals surface area contributed by atoms with Crippen LogP contribution in [0.25, 0.3) is 0 Å². The molecule has 3 aliphatic heterocycles. The van der Waals surface area contributed by atoms with Crippen molar-refractivity contribution in [1.29, 1.82) is 0 Å². The largest absolute Gasteiger partial charge is 0.486 e. The molecule has 0 bridgehead atoms. The molecule has 2 N–H and O–H groups in total. The van der Waals surface area contributed by atoms with E-state index in [4.69, 9.17) is 19.2 Å². The van der Waals surface area contributed by atoms with Crippen molar-refractivity contribution in [2.75, 3.05) is 38.2 Å². The van der Waals surface area contributed by atoms with Gasteiger partial charge in [-0.2, -0.15) is 0 Å². The van der Waals surface area contributed by atoms with Gasteiger partial charge in [0.2, 0.25) is 0 Å². The number of carbonyl (C=O) groups is 1. The summed E-state index contributed by atoms with van der Waals surface area (Å²) in [6.45, 7) is 9.56. The summed E-state index contributed by atoms with van der Waals surface area (Å²) in [6.07, 6.45) is 5.95. The Kier molecular flexibility index (Phi) is 8.39. The molecular formula is C30H41N3O5. The Morgan fingerprint density at radius 2 is 2.16 bits per heavy atom. The summed E-state index contributed by atoms with van der Waals surface area (Å²) < 4.78 is 18.5. The highest BCUT2D eigenvalue weighted by Gasteiger charge is 2.38. The van der Waals surface area contributed by atoms with Gasteiger partial charge in [-0.1, -0.05) is 19.9 Å². The summed E-state index contributed by atoms with van der Waals surface area (Å²) >= 11 is 0. The minimum atomic E-state index is -0.874. The number of aryl methyl sites for hydroxylation is 3. The molecular weight excluding hydrogens is 482 g/mol. The summed E-state index contributed by atoms with van der Waals surface area (Å²) in [7, 11) is 0. The van der Waals surface area contributed by atoms with Crippen LogP contribution in [0.3, 0.4) is 0 Å². The van der Waals surface area contributed by atoms with Gasteiger partial charge in [0.05, 0.1) is 6.10 Å². The number of hydrogen-bond acceptors (Lipinski definition) is 7. The lowest BCUT2D eigenvalue weighted by Gasteiger charge is -2.33. The van der Waals surface area contributed by atoms with E-state index >= 15 is 0 Å². The van der Waals surface area contributed by atoms with Gasteiger partial charge in [0.1, 0.15) is 24.6 Å². The number of ether oxygens (including phenoxy) is 3. The lowest BCUT2D eigenvalue weighted by molar-refractivity contribution is -0.143. The topological polar surface area (TPSA) is 93.2 Å². The fourth-order valence-electron chi connectivity index (χ4n) is 5.67. The van der Waals surface area contributed by atoms with Crippen LogP contribution in [0.2, 0.25) is 0 Å². The summed E-state index contributed by atoms with van der Waals surface area (Å²) in [5.41, 5.74) is 4.08. The van der Waals surface area contributed by atoms with Crippen LogP contribution >= 0.6 is 0 Å². The number of carboxylic acids is 1. The lowest BCUT2D eigenvalue weighted by atomic mass is 9.99. The molecule has 3 aliphatic rings. The summed E-state index contributed by atoms with van der Waals surface area (Å²) in [4.78, 5) is 19.3. The number of aromatic nitrogens is 1. The third kappa shape index (κ3) is 6.07. The van der Waals surface area contributed by atoms with Crippen LogP contribution in [0.4, 0.5) is 5.82 Å². The van der Waals surface area contributed by atoms with E-state index in [1.807, 2.05) is 24.0 Å². The Morgan fingerprint density at radius 1 is 1.29 bits per heavy atom. The van der Waals surface area contributed by atoms with Crippen LogP contribution in [0, 0.1) is 12.8 Å². The van der Waals surface area contributed by atoms with Crippen molar-refractivity contribution < 1.29 is 24.1 Å². The molecule has 5 rings (SSSR count). The van der Waals surface area contributed by atoms with Gasteiger partial charge >= 0.3 is 5.97 Å². The van der Waals surface area contributed by atoms with Crippen molar-refractivity contribution in [2.24, 2.45) is 5.92 Å². The van der Waals surface area contributed by atoms with Crippen molar-refractivity contribution in [2.45, 2.75) is 77.5 Å². The Morgan fingerprint density at radius 3 is 2.97 bits per heavy atom. The Bertz CT molecular complexity index is 1140. The predicted molar refractivity (Wildman–Crippen MR) is 146 cm³/mol. The highest BCUT2D eigenvalue weighted by Crippen LogP contribution is 2.43. The molecule has 38 heavy (non-hydrogen) atoms. The number of rotatable bonds is 10. The number of benzene rings is 1. The van der Waals surface area contributed by atoms with Gasteiger partial charge in [0.25, 0.3) is 0 Å². The Balaban J connectivity index is 1.15. The molecule has 1 fully saturated rings. The quantitative estimate of drug-likeness (QED) is 0.430. The van der Waals surface area contributed by atoms with Crippen molar-refractivity contribution >= 4 is 11.8 Å². The number of anilines is 1. The van der Waals surface area contributed by atoms with Crippen molar-refractivity contribution in [1.82, 2.24) is 9.88 Å². The standard InChI is InChI=1S/C30H41N3O5/c1-19(2)26-18-37-25-16-20(3)15-24(28(25)38-26)27(30(34)35)33-13-11-23(17-33)36-14-5-4-8-22-10-9-21-7-6-12-31-29(21)32-22/h9-10,15-16,19,23,26-27H,4-8,11-14,17-18H2,1-3H3,(H,31,32)(H,34,35)/t23-,26-,27+/m1/s1. The average Bonchev–Trinajstić information content (AvgIpc) is 3.36. The van der Waals surface area contributed by atoms with E-state index in [9.17, 15) is 9.90 Å². The zero-order valence-corrected chi connectivity index (χ0v) is 22.9. The predicted octanol–water partition coefficient (Wildman–Crippen LogP) is 4.78. The number of fused-ring (bicyclic) bond motifs is 2. The SMILES string of the molecule is Cc1cc2c(c([C@@H](C(=O)O)N3CC[C@@H](OCCCCc4ccc5c(n4)NCCC5)C3)c1)O[C@@H](C(C)C)CO2. The van der Waals surface area contributed by atoms with E-state index in [2.05, 4.69) is 31.3 Å². The first-order valence-corrected chi connectivity index (χ1v) is 14.1. The molecule has 3 atom stereocenters. The van der Waals surface area contributed by atoms with Crippen molar-refractivity contribution in [3.05, 3.63) is 46.6 Å². The third-order valence-electron chi connectivity index (χ3n) is 7.85. The molecule has 0 radical (unpaired) electrons. The highest BCUT2D eigenvalue weighted by molar-refractivity contribution is 5.78. The zero-order valence-electron chi connectivity index (χ0n) is 22.9. The second-order valence-electron chi connectivity index (χ2n) is 11.2. The number of likely N-dealkylation sites (tertiary alicyclic amines) is 1. The monoisotopic (exact) mass is 523 g/mol. The average molecular weight is 524 g/mol. The molecule has 1 saturated heterocycles. The van der Waals surface area contributed by atoms with Crippen LogP contribution < -0.4 is 14.8 Å². The number of nitrogens with zero attached hydrogens (tertiary/aromatic N) is 2. The number of nitrogens with one attached hydrogen (secondary N) is 1. The first-order valence-electron chi connectivity index (χ1n) is 14.1. The van der Waals surface area contributed by atoms with Gasteiger partial charge in [0.15, 0.2) is 11.5 Å². The summed E-state index contributed by atoms with van der Waals surface area (Å²) in [5.74, 6) is 1.66. The molecule has 1 aromatic carbocycles. The highest BCUT2D eigenvalue weighted by atomic mass is 16.6. The van der Waals surface area contributed by atoms with Crippen LogP contribution in [-0.4, -0.2) is 66.0 Å². The molecule has 4 heterocycles. The fourth-order valence-corrected chi connectivity index (χ4v) is 5.67. The van der Waals surface area contributed by atoms with Crippen LogP contribution in [0.5, 0.6) is 11.5 Å².